The summed E-state index contributed by atoms with van der Waals surface area (Å²) in [5, 5.41) is 13.0. The van der Waals surface area contributed by atoms with E-state index in [2.05, 4.69) is 64.8 Å². The molecule has 0 aliphatic heterocycles. The molecule has 83 valence electrons. The summed E-state index contributed by atoms with van der Waals surface area (Å²) < 4.78 is 0. The number of nitrogens with one attached hydrogen (secondary N) is 1. The van der Waals surface area contributed by atoms with Crippen molar-refractivity contribution in [3.63, 3.8) is 0 Å². The van der Waals surface area contributed by atoms with Crippen LogP contribution >= 0.6 is 0 Å². The van der Waals surface area contributed by atoms with E-state index in [0.717, 1.165) is 17.8 Å². The lowest BCUT2D eigenvalue weighted by Gasteiger charge is -2.02. The highest BCUT2D eigenvalue weighted by Crippen LogP contribution is 2.17. The molecule has 0 saturated heterocycles. The van der Waals surface area contributed by atoms with E-state index in [9.17, 15) is 0 Å². The first-order valence-electron chi connectivity index (χ1n) is 5.52. The molecule has 0 amide bonds. The highest BCUT2D eigenvalue weighted by molar-refractivity contribution is 5.83. The topological polar surface area (TPSA) is 41.6 Å². The van der Waals surface area contributed by atoms with Crippen molar-refractivity contribution in [1.29, 1.82) is 0 Å². The van der Waals surface area contributed by atoms with E-state index in [0.29, 0.717) is 0 Å². The third-order valence-corrected chi connectivity index (χ3v) is 2.90. The Labute approximate surface area is 99.5 Å². The molecule has 0 aliphatic rings. The highest BCUT2D eigenvalue weighted by atomic mass is 15.3. The van der Waals surface area contributed by atoms with Crippen LogP contribution in [0.3, 0.4) is 0 Å². The molecule has 3 heteroatoms. The van der Waals surface area contributed by atoms with Gasteiger partial charge in [-0.25, -0.2) is 0 Å². The molecule has 3 nitrogen and oxygen atoms in total. The maximum absolute atomic E-state index is 3.86. The fourth-order valence-electron chi connectivity index (χ4n) is 1.97. The Morgan fingerprint density at radius 3 is 2.65 bits per heavy atom. The summed E-state index contributed by atoms with van der Waals surface area (Å²) in [5.74, 6) is 0. The Morgan fingerprint density at radius 1 is 1.06 bits per heavy atom. The van der Waals surface area contributed by atoms with Gasteiger partial charge in [-0.15, -0.1) is 5.10 Å². The Hall–Kier alpha value is -2.16. The lowest BCUT2D eigenvalue weighted by molar-refractivity contribution is 0.914. The second-order valence-corrected chi connectivity index (χ2v) is 4.10. The fraction of sp³-hybridized carbons (Fsp3) is 0.0714. The molecule has 0 atom stereocenters. The maximum atomic E-state index is 3.86. The van der Waals surface area contributed by atoms with Crippen molar-refractivity contribution >= 4 is 10.8 Å². The molecule has 1 radical (unpaired) electrons. The molecule has 3 aromatic rings. The van der Waals surface area contributed by atoms with Crippen LogP contribution in [-0.2, 0) is 6.42 Å². The molecular formula is C14H12N3. The number of aromatic nitrogens is 3. The summed E-state index contributed by atoms with van der Waals surface area (Å²) in [4.78, 5) is 0. The highest BCUT2D eigenvalue weighted by Gasteiger charge is 2.04. The van der Waals surface area contributed by atoms with E-state index in [-0.39, 0.29) is 0 Å². The van der Waals surface area contributed by atoms with Gasteiger partial charge in [0.05, 0.1) is 11.4 Å². The summed E-state index contributed by atoms with van der Waals surface area (Å²) in [5.41, 5.74) is 2.93. The molecule has 0 aliphatic carbocycles. The summed E-state index contributed by atoms with van der Waals surface area (Å²) in [6, 6.07) is 14.8. The van der Waals surface area contributed by atoms with Gasteiger partial charge in [-0.2, -0.15) is 0 Å². The molecular weight excluding hydrogens is 210 g/mol. The van der Waals surface area contributed by atoms with Crippen LogP contribution in [0.2, 0.25) is 0 Å². The first-order chi connectivity index (χ1) is 8.33. The Kier molecular flexibility index (Phi) is 2.37. The molecule has 0 fully saturated rings. The van der Waals surface area contributed by atoms with Gasteiger partial charge in [0, 0.05) is 6.42 Å². The van der Waals surface area contributed by atoms with Crippen molar-refractivity contribution < 1.29 is 0 Å². The lowest BCUT2D eigenvalue weighted by atomic mass is 10.0. The Morgan fingerprint density at radius 2 is 1.88 bits per heavy atom. The first kappa shape index (κ1) is 10.0. The van der Waals surface area contributed by atoms with Crippen LogP contribution in [-0.4, -0.2) is 15.4 Å². The van der Waals surface area contributed by atoms with Gasteiger partial charge < -0.3 is 0 Å². The molecule has 3 rings (SSSR count). The Balaban J connectivity index is 1.99. The van der Waals surface area contributed by atoms with E-state index in [1.54, 1.807) is 0 Å². The normalized spacial score (nSPS) is 10.9. The molecule has 0 unspecified atom stereocenters. The van der Waals surface area contributed by atoms with Gasteiger partial charge >= 0.3 is 0 Å². The zero-order valence-electron chi connectivity index (χ0n) is 9.35. The molecule has 17 heavy (non-hydrogen) atoms. The summed E-state index contributed by atoms with van der Waals surface area (Å²) in [6.07, 6.45) is 0.788. The molecule has 0 bridgehead atoms. The van der Waals surface area contributed by atoms with Crippen molar-refractivity contribution in [2.75, 3.05) is 0 Å². The SMILES string of the molecule is [CH2]c1nn[nH]c1Cc1ccc2ccccc2c1. The van der Waals surface area contributed by atoms with Crippen LogP contribution in [0.1, 0.15) is 17.0 Å². The largest absolute Gasteiger partial charge is 0.262 e. The number of rotatable bonds is 2. The number of H-pyrrole nitrogens is 1. The monoisotopic (exact) mass is 222 g/mol. The number of hydrogen-bond acceptors (Lipinski definition) is 2. The van der Waals surface area contributed by atoms with Crippen molar-refractivity contribution in [1.82, 2.24) is 15.4 Å². The zero-order valence-corrected chi connectivity index (χ0v) is 9.35. The van der Waals surface area contributed by atoms with Gasteiger partial charge in [0.1, 0.15) is 0 Å². The average Bonchev–Trinajstić information content (AvgIpc) is 2.75. The van der Waals surface area contributed by atoms with Gasteiger partial charge in [0.2, 0.25) is 0 Å². The molecule has 0 saturated carbocycles. The second-order valence-electron chi connectivity index (χ2n) is 4.10. The van der Waals surface area contributed by atoms with Crippen molar-refractivity contribution in [3.05, 3.63) is 66.3 Å². The summed E-state index contributed by atoms with van der Waals surface area (Å²) in [6.45, 7) is 3.83. The molecule has 1 aromatic heterocycles. The minimum absolute atomic E-state index is 0.721. The number of aromatic amines is 1. The van der Waals surface area contributed by atoms with E-state index in [4.69, 9.17) is 0 Å². The van der Waals surface area contributed by atoms with Gasteiger partial charge in [0.15, 0.2) is 0 Å². The number of benzene rings is 2. The van der Waals surface area contributed by atoms with Gasteiger partial charge in [-0.05, 0) is 23.3 Å². The number of nitrogens with zero attached hydrogens (tertiary/aromatic N) is 2. The third-order valence-electron chi connectivity index (χ3n) is 2.90. The fourth-order valence-corrected chi connectivity index (χ4v) is 1.97. The van der Waals surface area contributed by atoms with Crippen LogP contribution < -0.4 is 0 Å². The van der Waals surface area contributed by atoms with E-state index in [1.807, 2.05) is 0 Å². The first-order valence-corrected chi connectivity index (χ1v) is 5.52. The standard InChI is InChI=1S/C14H12N3/c1-10-14(16-17-15-10)9-11-6-7-12-4-2-3-5-13(12)8-11/h2-8H,1,9H2,(H,15,16,17). The summed E-state index contributed by atoms with van der Waals surface area (Å²) in [7, 11) is 0. The second kappa shape index (κ2) is 4.01. The zero-order chi connectivity index (χ0) is 11.7. The van der Waals surface area contributed by atoms with Crippen LogP contribution in [0.15, 0.2) is 42.5 Å². The maximum Gasteiger partial charge on any atom is 0.0863 e. The van der Waals surface area contributed by atoms with Crippen LogP contribution in [0.5, 0.6) is 0 Å². The summed E-state index contributed by atoms with van der Waals surface area (Å²) >= 11 is 0. The quantitative estimate of drug-likeness (QED) is 0.724. The predicted molar refractivity (Wildman–Crippen MR) is 67.6 cm³/mol. The average molecular weight is 222 g/mol. The molecule has 0 spiro atoms. The smallest absolute Gasteiger partial charge is 0.0863 e. The minimum atomic E-state index is 0.721. The minimum Gasteiger partial charge on any atom is -0.262 e. The van der Waals surface area contributed by atoms with Crippen LogP contribution in [0.4, 0.5) is 0 Å². The van der Waals surface area contributed by atoms with Crippen LogP contribution in [0.25, 0.3) is 10.8 Å². The van der Waals surface area contributed by atoms with Gasteiger partial charge in [0.25, 0.3) is 0 Å². The molecule has 1 N–H and O–H groups in total. The third kappa shape index (κ3) is 1.91. The Bertz CT molecular complexity index is 655. The van der Waals surface area contributed by atoms with Crippen molar-refractivity contribution in [2.24, 2.45) is 0 Å². The van der Waals surface area contributed by atoms with Gasteiger partial charge in [-0.3, -0.25) is 5.10 Å². The van der Waals surface area contributed by atoms with Gasteiger partial charge in [-0.1, -0.05) is 47.7 Å². The van der Waals surface area contributed by atoms with E-state index < -0.39 is 0 Å². The number of fused-ring (bicyclic) bond motifs is 1. The lowest BCUT2D eigenvalue weighted by Crippen LogP contribution is -1.91. The molecule has 2 aromatic carbocycles. The molecule has 1 heterocycles. The van der Waals surface area contributed by atoms with Crippen molar-refractivity contribution in [3.8, 4) is 0 Å². The predicted octanol–water partition coefficient (Wildman–Crippen LogP) is 2.73. The van der Waals surface area contributed by atoms with Crippen LogP contribution in [0, 0.1) is 6.92 Å². The van der Waals surface area contributed by atoms with E-state index in [1.165, 1.54) is 16.3 Å². The van der Waals surface area contributed by atoms with Crippen molar-refractivity contribution in [2.45, 2.75) is 6.42 Å². The van der Waals surface area contributed by atoms with E-state index >= 15 is 0 Å². The number of hydrogen-bond donors (Lipinski definition) is 1.